The maximum absolute atomic E-state index is 14.1. The van der Waals surface area contributed by atoms with Crippen LogP contribution >= 0.6 is 0 Å². The number of hydrogen-bond donors (Lipinski definition) is 1. The summed E-state index contributed by atoms with van der Waals surface area (Å²) < 4.78 is 49.1. The summed E-state index contributed by atoms with van der Waals surface area (Å²) in [5.74, 6) is -2.46. The van der Waals surface area contributed by atoms with Gasteiger partial charge in [0.2, 0.25) is 0 Å². The van der Waals surface area contributed by atoms with Crippen LogP contribution in [-0.4, -0.2) is 29.9 Å². The minimum atomic E-state index is -5.32. The predicted octanol–water partition coefficient (Wildman–Crippen LogP) is 1.60. The molecule has 0 aliphatic heterocycles. The largest absolute Gasteiger partial charge is 0.412 e. The molecule has 0 aromatic heterocycles. The van der Waals surface area contributed by atoms with Crippen LogP contribution < -0.4 is 0 Å². The summed E-state index contributed by atoms with van der Waals surface area (Å²) in [5, 5.41) is -3.69. The van der Waals surface area contributed by atoms with Gasteiger partial charge in [0.05, 0.1) is 12.3 Å². The van der Waals surface area contributed by atoms with Gasteiger partial charge in [-0.15, -0.1) is 0 Å². The third-order valence-electron chi connectivity index (χ3n) is 3.04. The van der Waals surface area contributed by atoms with E-state index in [1.807, 2.05) is 0 Å². The van der Waals surface area contributed by atoms with E-state index in [2.05, 4.69) is 4.74 Å². The van der Waals surface area contributed by atoms with Crippen molar-refractivity contribution in [3.8, 4) is 0 Å². The molecule has 1 aliphatic rings. The van der Waals surface area contributed by atoms with Gasteiger partial charge in [0, 0.05) is 0 Å². The molecular weight excluding hydrogens is 279 g/mol. The molecule has 19 heavy (non-hydrogen) atoms. The van der Waals surface area contributed by atoms with E-state index in [1.54, 1.807) is 0 Å². The minimum absolute atomic E-state index is 0.487. The van der Waals surface area contributed by atoms with Gasteiger partial charge >= 0.3 is 21.3 Å². The molecule has 8 heteroatoms. The summed E-state index contributed by atoms with van der Waals surface area (Å²) in [7, 11) is -5.32. The standard InChI is InChI=1S/C11H17FO6S/c1-8(13)7-11(12,19(15,16)17)18-10(14)9-5-3-2-4-6-9/h9H,2-7H2,1H3,(H,15,16,17). The molecule has 1 unspecified atom stereocenters. The van der Waals surface area contributed by atoms with E-state index in [-0.39, 0.29) is 0 Å². The second-order valence-corrected chi connectivity index (χ2v) is 6.33. The molecule has 0 saturated heterocycles. The van der Waals surface area contributed by atoms with E-state index in [0.717, 1.165) is 26.2 Å². The molecule has 1 saturated carbocycles. The number of esters is 1. The summed E-state index contributed by atoms with van der Waals surface area (Å²) in [6.07, 6.45) is 2.26. The normalized spacial score (nSPS) is 20.6. The van der Waals surface area contributed by atoms with Crippen molar-refractivity contribution in [1.82, 2.24) is 0 Å². The third-order valence-corrected chi connectivity index (χ3v) is 4.03. The monoisotopic (exact) mass is 296 g/mol. The van der Waals surface area contributed by atoms with Gasteiger partial charge in [-0.2, -0.15) is 12.8 Å². The van der Waals surface area contributed by atoms with Crippen LogP contribution in [0, 0.1) is 5.92 Å². The fourth-order valence-electron chi connectivity index (χ4n) is 2.05. The zero-order chi connectivity index (χ0) is 14.7. The van der Waals surface area contributed by atoms with Crippen molar-refractivity contribution in [1.29, 1.82) is 0 Å². The number of halogens is 1. The lowest BCUT2D eigenvalue weighted by molar-refractivity contribution is -0.173. The molecule has 1 aliphatic carbocycles. The van der Waals surface area contributed by atoms with Gasteiger partial charge in [0.25, 0.3) is 0 Å². The van der Waals surface area contributed by atoms with Crippen molar-refractivity contribution in [2.75, 3.05) is 0 Å². The topological polar surface area (TPSA) is 97.7 Å². The van der Waals surface area contributed by atoms with E-state index < -0.39 is 39.4 Å². The molecule has 1 rings (SSSR count). The average Bonchev–Trinajstić information content (AvgIpc) is 2.27. The highest BCUT2D eigenvalue weighted by atomic mass is 32.2. The second-order valence-electron chi connectivity index (χ2n) is 4.77. The third kappa shape index (κ3) is 4.24. The first-order valence-electron chi connectivity index (χ1n) is 6.04. The number of ketones is 1. The van der Waals surface area contributed by atoms with Crippen molar-refractivity contribution in [3.05, 3.63) is 0 Å². The van der Waals surface area contributed by atoms with Gasteiger partial charge in [0.15, 0.2) is 0 Å². The number of Topliss-reactive ketones (excluding diaryl/α,β-unsaturated/α-hetero) is 1. The number of ether oxygens (including phenoxy) is 1. The molecule has 0 bridgehead atoms. The Morgan fingerprint density at radius 3 is 2.26 bits per heavy atom. The van der Waals surface area contributed by atoms with Crippen LogP contribution in [0.25, 0.3) is 0 Å². The van der Waals surface area contributed by atoms with Crippen LogP contribution in [0.2, 0.25) is 0 Å². The quantitative estimate of drug-likeness (QED) is 0.611. The molecule has 0 spiro atoms. The number of hydrogen-bond acceptors (Lipinski definition) is 5. The maximum Gasteiger partial charge on any atom is 0.383 e. The zero-order valence-electron chi connectivity index (χ0n) is 10.6. The minimum Gasteiger partial charge on any atom is -0.412 e. The van der Waals surface area contributed by atoms with E-state index >= 15 is 0 Å². The zero-order valence-corrected chi connectivity index (χ0v) is 11.4. The van der Waals surface area contributed by atoms with E-state index in [0.29, 0.717) is 12.8 Å². The van der Waals surface area contributed by atoms with Crippen LogP contribution in [0.5, 0.6) is 0 Å². The smallest absolute Gasteiger partial charge is 0.383 e. The van der Waals surface area contributed by atoms with Gasteiger partial charge in [-0.25, -0.2) is 0 Å². The summed E-state index contributed by atoms with van der Waals surface area (Å²) in [6, 6.07) is 0. The Morgan fingerprint density at radius 2 is 1.84 bits per heavy atom. The first kappa shape index (κ1) is 16.0. The first-order chi connectivity index (χ1) is 8.66. The second kappa shape index (κ2) is 5.96. The van der Waals surface area contributed by atoms with E-state index in [9.17, 15) is 22.4 Å². The average molecular weight is 296 g/mol. The molecule has 0 aromatic rings. The van der Waals surface area contributed by atoms with Crippen LogP contribution in [-0.2, 0) is 24.4 Å². The summed E-state index contributed by atoms with van der Waals surface area (Å²) in [5.41, 5.74) is 0. The number of carbonyl (C=O) groups is 2. The van der Waals surface area contributed by atoms with Gasteiger partial charge in [-0.1, -0.05) is 19.3 Å². The number of alkyl halides is 1. The van der Waals surface area contributed by atoms with Crippen molar-refractivity contribution in [2.24, 2.45) is 5.92 Å². The number of carbonyl (C=O) groups excluding carboxylic acids is 2. The van der Waals surface area contributed by atoms with Crippen LogP contribution in [0.4, 0.5) is 4.39 Å². The SMILES string of the molecule is CC(=O)CC(F)(OC(=O)C1CCCCC1)S(=O)(=O)O. The van der Waals surface area contributed by atoms with Crippen molar-refractivity contribution in [2.45, 2.75) is 50.6 Å². The Labute approximate surface area is 111 Å². The number of rotatable bonds is 5. The van der Waals surface area contributed by atoms with Gasteiger partial charge in [-0.05, 0) is 19.8 Å². The molecular formula is C11H17FO6S. The van der Waals surface area contributed by atoms with Crippen LogP contribution in [0.1, 0.15) is 45.4 Å². The van der Waals surface area contributed by atoms with Crippen LogP contribution in [0.3, 0.4) is 0 Å². The highest BCUT2D eigenvalue weighted by Crippen LogP contribution is 2.30. The van der Waals surface area contributed by atoms with Crippen LogP contribution in [0.15, 0.2) is 0 Å². The van der Waals surface area contributed by atoms with E-state index in [4.69, 9.17) is 4.55 Å². The van der Waals surface area contributed by atoms with Gasteiger partial charge in [-0.3, -0.25) is 14.1 Å². The molecule has 110 valence electrons. The highest BCUT2D eigenvalue weighted by molar-refractivity contribution is 7.86. The Morgan fingerprint density at radius 1 is 1.32 bits per heavy atom. The predicted molar refractivity (Wildman–Crippen MR) is 63.4 cm³/mol. The van der Waals surface area contributed by atoms with Gasteiger partial charge in [0.1, 0.15) is 5.78 Å². The molecule has 0 heterocycles. The Kier molecular flexibility index (Phi) is 5.03. The lowest BCUT2D eigenvalue weighted by Crippen LogP contribution is -2.42. The molecule has 0 radical (unpaired) electrons. The fourth-order valence-corrected chi connectivity index (χ4v) is 2.62. The summed E-state index contributed by atoms with van der Waals surface area (Å²) >= 11 is 0. The summed E-state index contributed by atoms with van der Waals surface area (Å²) in [4.78, 5) is 22.5. The Bertz CT molecular complexity index is 454. The molecule has 0 amide bonds. The molecule has 1 atom stereocenters. The fraction of sp³-hybridized carbons (Fsp3) is 0.818. The van der Waals surface area contributed by atoms with Crippen molar-refractivity contribution >= 4 is 21.9 Å². The highest BCUT2D eigenvalue weighted by Gasteiger charge is 2.49. The molecule has 1 fully saturated rings. The van der Waals surface area contributed by atoms with Gasteiger partial charge < -0.3 is 4.74 Å². The first-order valence-corrected chi connectivity index (χ1v) is 7.48. The van der Waals surface area contributed by atoms with E-state index in [1.165, 1.54) is 0 Å². The molecule has 1 N–H and O–H groups in total. The molecule has 0 aromatic carbocycles. The molecule has 6 nitrogen and oxygen atoms in total. The Balaban J connectivity index is 2.83. The van der Waals surface area contributed by atoms with Crippen molar-refractivity contribution < 1.29 is 31.7 Å². The van der Waals surface area contributed by atoms with Crippen molar-refractivity contribution in [3.63, 3.8) is 0 Å². The lowest BCUT2D eigenvalue weighted by atomic mass is 9.89. The maximum atomic E-state index is 14.1. The Hall–Kier alpha value is -1.02. The lowest BCUT2D eigenvalue weighted by Gasteiger charge is -2.25. The summed E-state index contributed by atoms with van der Waals surface area (Å²) in [6.45, 7) is 0.938.